The van der Waals surface area contributed by atoms with Crippen molar-refractivity contribution in [2.24, 2.45) is 0 Å². The zero-order chi connectivity index (χ0) is 18.4. The van der Waals surface area contributed by atoms with Gasteiger partial charge in [0.1, 0.15) is 16.8 Å². The van der Waals surface area contributed by atoms with Crippen LogP contribution < -0.4 is 5.32 Å². The summed E-state index contributed by atoms with van der Waals surface area (Å²) in [6, 6.07) is 3.19. The van der Waals surface area contributed by atoms with Crippen LogP contribution in [-0.2, 0) is 11.3 Å². The predicted molar refractivity (Wildman–Crippen MR) is 92.4 cm³/mol. The number of aromatic nitrogens is 2. The van der Waals surface area contributed by atoms with Crippen LogP contribution in [0.4, 0.5) is 5.82 Å². The van der Waals surface area contributed by atoms with Crippen molar-refractivity contribution in [3.63, 3.8) is 0 Å². The second-order valence-corrected chi connectivity index (χ2v) is 6.40. The van der Waals surface area contributed by atoms with Crippen LogP contribution in [0.3, 0.4) is 0 Å². The van der Waals surface area contributed by atoms with Gasteiger partial charge in [-0.05, 0) is 53.3 Å². The van der Waals surface area contributed by atoms with Gasteiger partial charge in [0.15, 0.2) is 5.76 Å². The molecule has 0 aromatic carbocycles. The molecule has 0 radical (unpaired) electrons. The fraction of sp³-hybridized carbons (Fsp3) is 0.467. The summed E-state index contributed by atoms with van der Waals surface area (Å²) < 4.78 is 12.5. The standard InChI is InChI=1S/C15H19BrN4O5/c1-10(2)24-7-3-6-17-15(21)13-5-4-11(25-13)8-19-9-12(16)14(18-19)20(22)23/h4-5,9-10H,3,6-8H2,1-2H3,(H,17,21). The number of carbonyl (C=O) groups excluding carboxylic acids is 1. The number of nitrogens with zero attached hydrogens (tertiary/aromatic N) is 3. The normalized spacial score (nSPS) is 11.0. The minimum Gasteiger partial charge on any atom is -0.454 e. The molecule has 0 fully saturated rings. The van der Waals surface area contributed by atoms with Crippen molar-refractivity contribution >= 4 is 27.7 Å². The Labute approximate surface area is 152 Å². The molecule has 25 heavy (non-hydrogen) atoms. The third-order valence-corrected chi connectivity index (χ3v) is 3.69. The van der Waals surface area contributed by atoms with E-state index < -0.39 is 4.92 Å². The number of halogens is 1. The quantitative estimate of drug-likeness (QED) is 0.383. The number of furan rings is 1. The molecule has 0 saturated carbocycles. The zero-order valence-corrected chi connectivity index (χ0v) is 15.5. The number of amides is 1. The molecule has 1 amide bonds. The Morgan fingerprint density at radius 1 is 1.52 bits per heavy atom. The van der Waals surface area contributed by atoms with Gasteiger partial charge in [0.2, 0.25) is 0 Å². The molecule has 1 N–H and O–H groups in total. The maximum atomic E-state index is 12.0. The van der Waals surface area contributed by atoms with Gasteiger partial charge in [-0.25, -0.2) is 0 Å². The first-order valence-corrected chi connectivity index (χ1v) is 8.52. The molecule has 0 bridgehead atoms. The molecule has 9 nitrogen and oxygen atoms in total. The van der Waals surface area contributed by atoms with Crippen LogP contribution in [0.5, 0.6) is 0 Å². The minimum atomic E-state index is -0.579. The molecule has 2 heterocycles. The van der Waals surface area contributed by atoms with Crippen LogP contribution in [0.1, 0.15) is 36.6 Å². The summed E-state index contributed by atoms with van der Waals surface area (Å²) >= 11 is 3.08. The van der Waals surface area contributed by atoms with Gasteiger partial charge in [-0.15, -0.1) is 0 Å². The maximum absolute atomic E-state index is 12.0. The van der Waals surface area contributed by atoms with Crippen molar-refractivity contribution in [3.8, 4) is 0 Å². The monoisotopic (exact) mass is 414 g/mol. The molecule has 10 heteroatoms. The van der Waals surface area contributed by atoms with E-state index in [1.54, 1.807) is 12.1 Å². The molecular weight excluding hydrogens is 396 g/mol. The largest absolute Gasteiger partial charge is 0.454 e. The van der Waals surface area contributed by atoms with Gasteiger partial charge >= 0.3 is 5.82 Å². The lowest BCUT2D eigenvalue weighted by Gasteiger charge is -2.07. The highest BCUT2D eigenvalue weighted by atomic mass is 79.9. The molecule has 0 spiro atoms. The van der Waals surface area contributed by atoms with Crippen molar-refractivity contribution in [2.75, 3.05) is 13.2 Å². The summed E-state index contributed by atoms with van der Waals surface area (Å²) in [6.07, 6.45) is 2.36. The highest BCUT2D eigenvalue weighted by molar-refractivity contribution is 9.10. The van der Waals surface area contributed by atoms with E-state index in [-0.39, 0.29) is 34.6 Å². The fourth-order valence-corrected chi connectivity index (χ4v) is 2.48. The molecular formula is C15H19BrN4O5. The number of rotatable bonds is 9. The SMILES string of the molecule is CC(C)OCCCNC(=O)c1ccc(Cn2cc(Br)c([N+](=O)[O-])n2)o1. The summed E-state index contributed by atoms with van der Waals surface area (Å²) in [5.41, 5.74) is 0. The second kappa shape index (κ2) is 8.77. The van der Waals surface area contributed by atoms with Crippen LogP contribution in [0.2, 0.25) is 0 Å². The summed E-state index contributed by atoms with van der Waals surface area (Å²) in [5.74, 6) is 0.0650. The average Bonchev–Trinajstić information content (AvgIpc) is 3.13. The smallest absolute Gasteiger partial charge is 0.404 e. The summed E-state index contributed by atoms with van der Waals surface area (Å²) in [4.78, 5) is 22.2. The number of hydrogen-bond donors (Lipinski definition) is 1. The van der Waals surface area contributed by atoms with Gasteiger partial charge in [0.25, 0.3) is 5.91 Å². The molecule has 0 aliphatic carbocycles. The Morgan fingerprint density at radius 3 is 2.92 bits per heavy atom. The van der Waals surface area contributed by atoms with Crippen molar-refractivity contribution in [3.05, 3.63) is 44.4 Å². The van der Waals surface area contributed by atoms with Gasteiger partial charge in [-0.2, -0.15) is 4.68 Å². The Hall–Kier alpha value is -2.20. The van der Waals surface area contributed by atoms with E-state index in [4.69, 9.17) is 9.15 Å². The third kappa shape index (κ3) is 5.68. The lowest BCUT2D eigenvalue weighted by molar-refractivity contribution is -0.390. The number of nitro groups is 1. The first-order valence-electron chi connectivity index (χ1n) is 7.72. The van der Waals surface area contributed by atoms with Gasteiger partial charge in [-0.1, -0.05) is 0 Å². The number of nitrogens with one attached hydrogen (secondary N) is 1. The highest BCUT2D eigenvalue weighted by Gasteiger charge is 2.19. The molecule has 0 aliphatic rings. The molecule has 0 aliphatic heterocycles. The zero-order valence-electron chi connectivity index (χ0n) is 13.9. The molecule has 0 unspecified atom stereocenters. The van der Waals surface area contributed by atoms with Crippen molar-refractivity contribution < 1.29 is 18.9 Å². The predicted octanol–water partition coefficient (Wildman–Crippen LogP) is 2.74. The van der Waals surface area contributed by atoms with Gasteiger partial charge in [0, 0.05) is 13.2 Å². The minimum absolute atomic E-state index is 0.168. The Morgan fingerprint density at radius 2 is 2.28 bits per heavy atom. The highest BCUT2D eigenvalue weighted by Crippen LogP contribution is 2.22. The van der Waals surface area contributed by atoms with Crippen LogP contribution in [0.15, 0.2) is 27.2 Å². The topological polar surface area (TPSA) is 112 Å². The van der Waals surface area contributed by atoms with E-state index in [1.165, 1.54) is 10.9 Å². The van der Waals surface area contributed by atoms with Gasteiger partial charge in [0.05, 0.1) is 17.4 Å². The van der Waals surface area contributed by atoms with Crippen molar-refractivity contribution in [2.45, 2.75) is 32.9 Å². The first-order chi connectivity index (χ1) is 11.9. The van der Waals surface area contributed by atoms with E-state index in [0.29, 0.717) is 25.3 Å². The molecule has 2 aromatic heterocycles. The van der Waals surface area contributed by atoms with Crippen LogP contribution >= 0.6 is 15.9 Å². The van der Waals surface area contributed by atoms with Gasteiger partial charge < -0.3 is 24.6 Å². The molecule has 0 atom stereocenters. The number of hydrogen-bond acceptors (Lipinski definition) is 6. The van der Waals surface area contributed by atoms with E-state index in [2.05, 4.69) is 26.3 Å². The van der Waals surface area contributed by atoms with E-state index in [0.717, 1.165) is 0 Å². The van der Waals surface area contributed by atoms with E-state index in [1.807, 2.05) is 13.8 Å². The first kappa shape index (κ1) is 19.1. The Balaban J connectivity index is 1.86. The summed E-state index contributed by atoms with van der Waals surface area (Å²) in [5, 5.41) is 17.4. The maximum Gasteiger partial charge on any atom is 0.404 e. The van der Waals surface area contributed by atoms with E-state index >= 15 is 0 Å². The molecule has 2 rings (SSSR count). The molecule has 0 saturated heterocycles. The van der Waals surface area contributed by atoms with Crippen molar-refractivity contribution in [1.29, 1.82) is 0 Å². The van der Waals surface area contributed by atoms with Crippen LogP contribution in [-0.4, -0.2) is 39.9 Å². The fourth-order valence-electron chi connectivity index (χ4n) is 2.02. The van der Waals surface area contributed by atoms with Crippen LogP contribution in [0, 0.1) is 10.1 Å². The summed E-state index contributed by atoms with van der Waals surface area (Å²) in [6.45, 7) is 5.15. The van der Waals surface area contributed by atoms with E-state index in [9.17, 15) is 14.9 Å². The van der Waals surface area contributed by atoms with Gasteiger partial charge in [-0.3, -0.25) is 4.79 Å². The van der Waals surface area contributed by atoms with Crippen molar-refractivity contribution in [1.82, 2.24) is 15.1 Å². The number of carbonyl (C=O) groups is 1. The lowest BCUT2D eigenvalue weighted by atomic mass is 10.3. The average molecular weight is 415 g/mol. The lowest BCUT2D eigenvalue weighted by Crippen LogP contribution is -2.25. The second-order valence-electron chi connectivity index (χ2n) is 5.55. The molecule has 136 valence electrons. The van der Waals surface area contributed by atoms with Crippen LogP contribution in [0.25, 0.3) is 0 Å². The Bertz CT molecular complexity index is 740. The molecule has 2 aromatic rings. The summed E-state index contributed by atoms with van der Waals surface area (Å²) in [7, 11) is 0. The Kier molecular flexibility index (Phi) is 6.71. The third-order valence-electron chi connectivity index (χ3n) is 3.13. The number of ether oxygens (including phenoxy) is 1.